The van der Waals surface area contributed by atoms with Gasteiger partial charge in [-0.15, -0.1) is 5.10 Å². The van der Waals surface area contributed by atoms with E-state index >= 15 is 0 Å². The van der Waals surface area contributed by atoms with E-state index in [2.05, 4.69) is 20.5 Å². The molecule has 2 aromatic heterocycles. The molecule has 2 heterocycles. The fraction of sp³-hybridized carbons (Fsp3) is 0.0667. The minimum atomic E-state index is -0.848. The van der Waals surface area contributed by atoms with Crippen molar-refractivity contribution in [3.05, 3.63) is 64.7 Å². The topological polar surface area (TPSA) is 77.0 Å². The smallest absolute Gasteiger partial charge is 0.296 e. The van der Waals surface area contributed by atoms with Crippen LogP contribution in [0.4, 0.5) is 9.52 Å². The van der Waals surface area contributed by atoms with Gasteiger partial charge in [0.15, 0.2) is 0 Å². The average Bonchev–Trinajstić information content (AvgIpc) is 3.02. The summed E-state index contributed by atoms with van der Waals surface area (Å²) in [5.74, 6) is -1.50. The van der Waals surface area contributed by atoms with Crippen LogP contribution in [-0.2, 0) is 6.61 Å². The van der Waals surface area contributed by atoms with E-state index in [1.165, 1.54) is 18.3 Å². The molecule has 0 aliphatic heterocycles. The van der Waals surface area contributed by atoms with E-state index < -0.39 is 11.9 Å². The second-order valence-corrected chi connectivity index (χ2v) is 5.96. The van der Waals surface area contributed by atoms with Crippen LogP contribution in [0.2, 0.25) is 5.02 Å². The lowest BCUT2D eigenvalue weighted by molar-refractivity contribution is 0.102. The van der Waals surface area contributed by atoms with Gasteiger partial charge in [-0.1, -0.05) is 28.8 Å². The third-order valence-electron chi connectivity index (χ3n) is 2.91. The molecule has 0 radical (unpaired) electrons. The monoisotopic (exact) mass is 364 g/mol. The molecule has 9 heteroatoms. The van der Waals surface area contributed by atoms with Crippen molar-refractivity contribution < 1.29 is 13.9 Å². The van der Waals surface area contributed by atoms with Gasteiger partial charge in [-0.25, -0.2) is 4.98 Å². The number of anilines is 1. The molecule has 0 aliphatic carbocycles. The van der Waals surface area contributed by atoms with Crippen molar-refractivity contribution in [2.75, 3.05) is 5.32 Å². The van der Waals surface area contributed by atoms with Crippen LogP contribution in [0.1, 0.15) is 15.9 Å². The number of ether oxygens (including phenoxy) is 1. The third kappa shape index (κ3) is 4.03. The zero-order valence-electron chi connectivity index (χ0n) is 12.1. The maximum Gasteiger partial charge on any atom is 0.296 e. The van der Waals surface area contributed by atoms with Gasteiger partial charge in [-0.05, 0) is 41.2 Å². The molecular formula is C15H10ClFN4O2S. The number of hydrogen-bond acceptors (Lipinski definition) is 6. The highest BCUT2D eigenvalue weighted by atomic mass is 35.5. The second kappa shape index (κ2) is 7.33. The molecule has 0 bridgehead atoms. The lowest BCUT2D eigenvalue weighted by Gasteiger charge is -2.02. The van der Waals surface area contributed by atoms with Gasteiger partial charge in [-0.2, -0.15) is 4.39 Å². The molecule has 0 saturated heterocycles. The van der Waals surface area contributed by atoms with Crippen LogP contribution >= 0.6 is 22.9 Å². The molecular weight excluding hydrogens is 355 g/mol. The number of benzene rings is 1. The predicted octanol–water partition coefficient (Wildman–Crippen LogP) is 3.56. The summed E-state index contributed by atoms with van der Waals surface area (Å²) in [5.41, 5.74) is 0.744. The van der Waals surface area contributed by atoms with Crippen molar-refractivity contribution in [3.63, 3.8) is 0 Å². The maximum atomic E-state index is 13.4. The van der Waals surface area contributed by atoms with Gasteiger partial charge in [0.2, 0.25) is 11.1 Å². The van der Waals surface area contributed by atoms with Crippen molar-refractivity contribution in [2.24, 2.45) is 0 Å². The number of amides is 1. The molecule has 0 fully saturated rings. The van der Waals surface area contributed by atoms with Crippen LogP contribution < -0.4 is 10.1 Å². The summed E-state index contributed by atoms with van der Waals surface area (Å²) in [5, 5.41) is 11.2. The molecule has 1 aromatic carbocycles. The number of hydrogen-bond donors (Lipinski definition) is 1. The Kier molecular flexibility index (Phi) is 4.97. The highest BCUT2D eigenvalue weighted by Gasteiger charge is 2.15. The Morgan fingerprint density at radius 1 is 1.25 bits per heavy atom. The molecule has 0 spiro atoms. The van der Waals surface area contributed by atoms with E-state index in [4.69, 9.17) is 16.3 Å². The minimum Gasteiger partial charge on any atom is -0.464 e. The summed E-state index contributed by atoms with van der Waals surface area (Å²) in [6, 6.07) is 9.98. The van der Waals surface area contributed by atoms with Crippen molar-refractivity contribution >= 4 is 34.0 Å². The van der Waals surface area contributed by atoms with E-state index in [0.717, 1.165) is 16.9 Å². The molecule has 0 saturated carbocycles. The van der Waals surface area contributed by atoms with Crippen molar-refractivity contribution in [1.82, 2.24) is 15.2 Å². The first-order valence-electron chi connectivity index (χ1n) is 6.74. The highest BCUT2D eigenvalue weighted by Crippen LogP contribution is 2.24. The normalized spacial score (nSPS) is 10.4. The fourth-order valence-electron chi connectivity index (χ4n) is 1.76. The van der Waals surface area contributed by atoms with Crippen LogP contribution in [0.15, 0.2) is 42.6 Å². The number of aromatic nitrogens is 3. The summed E-state index contributed by atoms with van der Waals surface area (Å²) in [7, 11) is 0. The maximum absolute atomic E-state index is 13.4. The molecule has 6 nitrogen and oxygen atoms in total. The van der Waals surface area contributed by atoms with Gasteiger partial charge in [-0.3, -0.25) is 10.1 Å². The molecule has 3 aromatic rings. The Morgan fingerprint density at radius 3 is 2.79 bits per heavy atom. The largest absolute Gasteiger partial charge is 0.464 e. The predicted molar refractivity (Wildman–Crippen MR) is 87.8 cm³/mol. The van der Waals surface area contributed by atoms with Crippen molar-refractivity contribution in [3.8, 4) is 5.19 Å². The molecule has 1 amide bonds. The van der Waals surface area contributed by atoms with Crippen molar-refractivity contribution in [1.29, 1.82) is 0 Å². The third-order valence-corrected chi connectivity index (χ3v) is 3.91. The Hall–Kier alpha value is -2.58. The number of halogens is 2. The van der Waals surface area contributed by atoms with Crippen molar-refractivity contribution in [2.45, 2.75) is 6.61 Å². The standard InChI is InChI=1S/C15H10ClFN4O2S/c16-10-5-3-9(4-6-10)8-23-15-21-20-14(24-15)19-13(22)11-2-1-7-18-12(11)17/h1-7H,8H2,(H,19,20,22). The summed E-state index contributed by atoms with van der Waals surface area (Å²) in [6.45, 7) is 0.289. The van der Waals surface area contributed by atoms with E-state index in [-0.39, 0.29) is 22.5 Å². The van der Waals surface area contributed by atoms with Gasteiger partial charge in [0.05, 0.1) is 5.56 Å². The van der Waals surface area contributed by atoms with Gasteiger partial charge in [0.1, 0.15) is 6.61 Å². The van der Waals surface area contributed by atoms with Gasteiger partial charge in [0, 0.05) is 11.2 Å². The quantitative estimate of drug-likeness (QED) is 0.700. The lowest BCUT2D eigenvalue weighted by Crippen LogP contribution is -2.14. The van der Waals surface area contributed by atoms with E-state index in [1.807, 2.05) is 12.1 Å². The van der Waals surface area contributed by atoms with Gasteiger partial charge in [0.25, 0.3) is 11.1 Å². The number of carbonyl (C=O) groups excluding carboxylic acids is 1. The Bertz CT molecular complexity index is 857. The molecule has 0 unspecified atom stereocenters. The first-order chi connectivity index (χ1) is 11.6. The van der Waals surface area contributed by atoms with Crippen LogP contribution in [0.25, 0.3) is 0 Å². The molecule has 3 rings (SSSR count). The van der Waals surface area contributed by atoms with Crippen LogP contribution in [0.3, 0.4) is 0 Å². The number of pyridine rings is 1. The lowest BCUT2D eigenvalue weighted by atomic mass is 10.2. The van der Waals surface area contributed by atoms with Crippen LogP contribution in [0.5, 0.6) is 5.19 Å². The summed E-state index contributed by atoms with van der Waals surface area (Å²) in [6.07, 6.45) is 1.26. The first-order valence-corrected chi connectivity index (χ1v) is 7.94. The zero-order valence-corrected chi connectivity index (χ0v) is 13.6. The van der Waals surface area contributed by atoms with E-state index in [0.29, 0.717) is 5.02 Å². The summed E-state index contributed by atoms with van der Waals surface area (Å²) in [4.78, 5) is 15.4. The number of rotatable bonds is 5. The Morgan fingerprint density at radius 2 is 2.04 bits per heavy atom. The van der Waals surface area contributed by atoms with Gasteiger partial charge >= 0.3 is 0 Å². The summed E-state index contributed by atoms with van der Waals surface area (Å²) >= 11 is 6.85. The van der Waals surface area contributed by atoms with E-state index in [1.54, 1.807) is 12.1 Å². The fourth-order valence-corrected chi connectivity index (χ4v) is 2.48. The average molecular weight is 365 g/mol. The van der Waals surface area contributed by atoms with E-state index in [9.17, 15) is 9.18 Å². The SMILES string of the molecule is O=C(Nc1nnc(OCc2ccc(Cl)cc2)s1)c1cccnc1F. The molecule has 0 aliphatic rings. The number of nitrogens with zero attached hydrogens (tertiary/aromatic N) is 3. The Labute approximate surface area is 145 Å². The van der Waals surface area contributed by atoms with Crippen LogP contribution in [-0.4, -0.2) is 21.1 Å². The van der Waals surface area contributed by atoms with Gasteiger partial charge < -0.3 is 4.74 Å². The number of nitrogens with one attached hydrogen (secondary N) is 1. The molecule has 1 N–H and O–H groups in total. The minimum absolute atomic E-state index is 0.170. The highest BCUT2D eigenvalue weighted by molar-refractivity contribution is 7.17. The second-order valence-electron chi connectivity index (χ2n) is 4.58. The summed E-state index contributed by atoms with van der Waals surface area (Å²) < 4.78 is 18.9. The zero-order chi connectivity index (χ0) is 16.9. The molecule has 122 valence electrons. The molecule has 24 heavy (non-hydrogen) atoms. The number of carbonyl (C=O) groups is 1. The first kappa shape index (κ1) is 16.3. The Balaban J connectivity index is 1.60. The van der Waals surface area contributed by atoms with Crippen LogP contribution in [0, 0.1) is 5.95 Å². The molecule has 0 atom stereocenters.